The normalized spacial score (nSPS) is 14.1. The number of carbonyl (C=O) groups is 1. The third-order valence-electron chi connectivity index (χ3n) is 4.59. The van der Waals surface area contributed by atoms with Crippen molar-refractivity contribution in [2.45, 2.75) is 32.8 Å². The third kappa shape index (κ3) is 7.63. The van der Waals surface area contributed by atoms with Crippen LogP contribution in [0.15, 0.2) is 40.8 Å². The van der Waals surface area contributed by atoms with Gasteiger partial charge in [-0.1, -0.05) is 19.1 Å². The van der Waals surface area contributed by atoms with E-state index in [-0.39, 0.29) is 18.1 Å². The van der Waals surface area contributed by atoms with Crippen LogP contribution in [-0.2, 0) is 26.9 Å². The summed E-state index contributed by atoms with van der Waals surface area (Å²) in [5.41, 5.74) is 0.793. The summed E-state index contributed by atoms with van der Waals surface area (Å²) in [5, 5.41) is 19.8. The van der Waals surface area contributed by atoms with Crippen molar-refractivity contribution in [3.05, 3.63) is 57.8 Å². The highest BCUT2D eigenvalue weighted by molar-refractivity contribution is 7.51. The van der Waals surface area contributed by atoms with Gasteiger partial charge in [0.2, 0.25) is 0 Å². The maximum Gasteiger partial charge on any atom is 0.461 e. The molecule has 0 bridgehead atoms. The molecule has 0 fully saturated rings. The van der Waals surface area contributed by atoms with Gasteiger partial charge >= 0.3 is 19.6 Å². The highest BCUT2D eigenvalue weighted by Gasteiger charge is 2.33. The zero-order chi connectivity index (χ0) is 23.7. The molecule has 2 aromatic rings. The van der Waals surface area contributed by atoms with E-state index in [4.69, 9.17) is 30.2 Å². The SMILES string of the molecule is CC(Cc1ccc(OP(=O)(OCc2ccc([N+](=O)[O-])o2)N(C)CCCCCl)cc1)C(=O)O. The molecule has 2 unspecified atom stereocenters. The van der Waals surface area contributed by atoms with Gasteiger partial charge < -0.3 is 14.0 Å². The fourth-order valence-corrected chi connectivity index (χ4v) is 4.34. The van der Waals surface area contributed by atoms with E-state index >= 15 is 0 Å². The van der Waals surface area contributed by atoms with Crippen molar-refractivity contribution in [3.63, 3.8) is 0 Å². The van der Waals surface area contributed by atoms with Gasteiger partial charge in [-0.3, -0.25) is 19.4 Å². The number of nitrogens with zero attached hydrogens (tertiary/aromatic N) is 2. The number of rotatable bonds is 14. The van der Waals surface area contributed by atoms with E-state index in [1.807, 2.05) is 0 Å². The standard InChI is InChI=1S/C20H26ClN2O8P/c1-15(20(24)25)13-16-5-7-17(8-6-16)31-32(28,22(2)12-4-3-11-21)29-14-18-9-10-19(30-18)23(26)27/h5-10,15H,3-4,11-14H2,1-2H3,(H,24,25). The highest BCUT2D eigenvalue weighted by atomic mass is 35.5. The number of unbranched alkanes of at least 4 members (excludes halogenated alkanes) is 1. The molecule has 0 spiro atoms. The predicted octanol–water partition coefficient (Wildman–Crippen LogP) is 5.11. The van der Waals surface area contributed by atoms with Crippen LogP contribution < -0.4 is 4.52 Å². The second-order valence-electron chi connectivity index (χ2n) is 7.20. The molecule has 1 N–H and O–H groups in total. The molecule has 0 saturated carbocycles. The largest absolute Gasteiger partial charge is 0.481 e. The predicted molar refractivity (Wildman–Crippen MR) is 118 cm³/mol. The molecule has 0 aliphatic heterocycles. The van der Waals surface area contributed by atoms with E-state index in [9.17, 15) is 19.5 Å². The fourth-order valence-electron chi connectivity index (χ4n) is 2.70. The van der Waals surface area contributed by atoms with E-state index in [0.717, 1.165) is 5.56 Å². The second kappa shape index (κ2) is 12.0. The molecule has 32 heavy (non-hydrogen) atoms. The van der Waals surface area contributed by atoms with Crippen molar-refractivity contribution in [2.24, 2.45) is 5.92 Å². The van der Waals surface area contributed by atoms with Gasteiger partial charge in [-0.2, -0.15) is 0 Å². The number of furan rings is 1. The number of carboxylic acids is 1. The van der Waals surface area contributed by atoms with Crippen LogP contribution in [0.25, 0.3) is 0 Å². The maximum atomic E-state index is 13.5. The number of alkyl halides is 1. The lowest BCUT2D eigenvalue weighted by molar-refractivity contribution is -0.402. The van der Waals surface area contributed by atoms with Crippen molar-refractivity contribution >= 4 is 31.2 Å². The van der Waals surface area contributed by atoms with Gasteiger partial charge in [-0.15, -0.1) is 11.6 Å². The van der Waals surface area contributed by atoms with Crippen LogP contribution in [0.3, 0.4) is 0 Å². The minimum absolute atomic E-state index is 0.132. The number of carboxylic acid groups (broad SMARTS) is 1. The monoisotopic (exact) mass is 488 g/mol. The molecule has 2 rings (SSSR count). The first kappa shape index (κ1) is 25.9. The third-order valence-corrected chi connectivity index (χ3v) is 6.79. The Kier molecular flexibility index (Phi) is 9.71. The minimum Gasteiger partial charge on any atom is -0.481 e. The molecule has 10 nitrogen and oxygen atoms in total. The summed E-state index contributed by atoms with van der Waals surface area (Å²) < 4.78 is 31.3. The Hall–Kier alpha value is -2.39. The Morgan fingerprint density at radius 2 is 1.97 bits per heavy atom. The van der Waals surface area contributed by atoms with Gasteiger partial charge in [0.25, 0.3) is 0 Å². The van der Waals surface area contributed by atoms with Gasteiger partial charge in [0.15, 0.2) is 0 Å². The van der Waals surface area contributed by atoms with Crippen LogP contribution in [0, 0.1) is 16.0 Å². The van der Waals surface area contributed by atoms with Crippen LogP contribution >= 0.6 is 19.3 Å². The van der Waals surface area contributed by atoms with Crippen molar-refractivity contribution in [1.29, 1.82) is 0 Å². The van der Waals surface area contributed by atoms with Crippen molar-refractivity contribution < 1.29 is 32.9 Å². The van der Waals surface area contributed by atoms with Crippen LogP contribution in [0.4, 0.5) is 5.88 Å². The van der Waals surface area contributed by atoms with E-state index in [0.29, 0.717) is 31.7 Å². The zero-order valence-corrected chi connectivity index (χ0v) is 19.5. The number of hydrogen-bond acceptors (Lipinski definition) is 7. The molecule has 1 heterocycles. The second-order valence-corrected chi connectivity index (χ2v) is 9.63. The summed E-state index contributed by atoms with van der Waals surface area (Å²) in [6.45, 7) is 1.71. The summed E-state index contributed by atoms with van der Waals surface area (Å²) in [6, 6.07) is 9.12. The molecule has 176 valence electrons. The van der Waals surface area contributed by atoms with E-state index in [2.05, 4.69) is 0 Å². The number of hydrogen-bond donors (Lipinski definition) is 1. The van der Waals surface area contributed by atoms with Gasteiger partial charge in [0, 0.05) is 12.4 Å². The fraction of sp³-hybridized carbons (Fsp3) is 0.450. The average Bonchev–Trinajstić information content (AvgIpc) is 3.23. The van der Waals surface area contributed by atoms with Crippen LogP contribution in [0.5, 0.6) is 5.75 Å². The maximum absolute atomic E-state index is 13.5. The summed E-state index contributed by atoms with van der Waals surface area (Å²) in [6.07, 6.45) is 1.72. The minimum atomic E-state index is -3.84. The molecule has 12 heteroatoms. The molecule has 0 amide bonds. The number of aliphatic carboxylic acids is 1. The van der Waals surface area contributed by atoms with Crippen LogP contribution in [-0.4, -0.2) is 40.1 Å². The van der Waals surface area contributed by atoms with Gasteiger partial charge in [-0.05, 0) is 50.1 Å². The lowest BCUT2D eigenvalue weighted by atomic mass is 10.0. The van der Waals surface area contributed by atoms with E-state index in [1.165, 1.54) is 16.8 Å². The molecule has 0 radical (unpaired) electrons. The van der Waals surface area contributed by atoms with Crippen LogP contribution in [0.1, 0.15) is 31.1 Å². The number of benzene rings is 1. The summed E-state index contributed by atoms with van der Waals surface area (Å²) in [7, 11) is -2.26. The molecule has 0 aliphatic rings. The van der Waals surface area contributed by atoms with E-state index < -0.39 is 30.4 Å². The Balaban J connectivity index is 2.13. The lowest BCUT2D eigenvalue weighted by Crippen LogP contribution is -2.21. The number of halogens is 1. The quantitative estimate of drug-likeness (QED) is 0.127. The van der Waals surface area contributed by atoms with Crippen LogP contribution in [0.2, 0.25) is 0 Å². The molecule has 1 aromatic heterocycles. The Morgan fingerprint density at radius 3 is 2.53 bits per heavy atom. The van der Waals surface area contributed by atoms with Crippen molar-refractivity contribution in [3.8, 4) is 5.75 Å². The molecule has 1 aromatic carbocycles. The smallest absolute Gasteiger partial charge is 0.461 e. The van der Waals surface area contributed by atoms with Crippen molar-refractivity contribution in [2.75, 3.05) is 19.5 Å². The highest BCUT2D eigenvalue weighted by Crippen LogP contribution is 2.52. The van der Waals surface area contributed by atoms with Gasteiger partial charge in [-0.25, -0.2) is 9.24 Å². The Bertz CT molecular complexity index is 949. The molecule has 0 aliphatic carbocycles. The molecular weight excluding hydrogens is 463 g/mol. The Labute approximate surface area is 190 Å². The average molecular weight is 489 g/mol. The first-order valence-electron chi connectivity index (χ1n) is 9.91. The van der Waals surface area contributed by atoms with Gasteiger partial charge in [0.1, 0.15) is 23.0 Å². The Morgan fingerprint density at radius 1 is 1.28 bits per heavy atom. The van der Waals surface area contributed by atoms with E-state index in [1.54, 1.807) is 38.2 Å². The van der Waals surface area contributed by atoms with Crippen molar-refractivity contribution in [1.82, 2.24) is 4.67 Å². The molecule has 0 saturated heterocycles. The summed E-state index contributed by atoms with van der Waals surface area (Å²) in [4.78, 5) is 21.1. The topological polar surface area (TPSA) is 132 Å². The molecular formula is C20H26ClN2O8P. The zero-order valence-electron chi connectivity index (χ0n) is 17.8. The number of nitro groups is 1. The first-order valence-corrected chi connectivity index (χ1v) is 11.9. The summed E-state index contributed by atoms with van der Waals surface area (Å²) >= 11 is 5.71. The van der Waals surface area contributed by atoms with Gasteiger partial charge in [0.05, 0.1) is 12.0 Å². The first-order chi connectivity index (χ1) is 15.1. The summed E-state index contributed by atoms with van der Waals surface area (Å²) in [5.74, 6) is -1.00. The molecule has 2 atom stereocenters. The lowest BCUT2D eigenvalue weighted by Gasteiger charge is -2.27.